The third kappa shape index (κ3) is 1.22. The molecule has 2 atom stereocenters. The Kier molecular flexibility index (Phi) is 2.03. The molecule has 1 saturated carbocycles. The second-order valence-electron chi connectivity index (χ2n) is 4.19. The van der Waals surface area contributed by atoms with Gasteiger partial charge in [0.25, 0.3) is 6.43 Å². The van der Waals surface area contributed by atoms with Gasteiger partial charge in [0, 0.05) is 0 Å². The molecular weight excluding hydrogens is 190 g/mol. The number of halogens is 2. The molecule has 14 heavy (non-hydrogen) atoms. The molecule has 1 aliphatic heterocycles. The molecule has 2 unspecified atom stereocenters. The van der Waals surface area contributed by atoms with Gasteiger partial charge in [-0.3, -0.25) is 10.1 Å². The molecule has 1 N–H and O–H groups in total. The van der Waals surface area contributed by atoms with E-state index in [2.05, 4.69) is 5.32 Å². The minimum absolute atomic E-state index is 0.155. The topological polar surface area (TPSA) is 32.3 Å². The average Bonchev–Trinajstić information content (AvgIpc) is 2.80. The van der Waals surface area contributed by atoms with E-state index in [-0.39, 0.29) is 12.1 Å². The minimum atomic E-state index is -2.47. The monoisotopic (exact) mass is 204 g/mol. The van der Waals surface area contributed by atoms with Crippen molar-refractivity contribution in [1.29, 1.82) is 0 Å². The van der Waals surface area contributed by atoms with Gasteiger partial charge in [-0.25, -0.2) is 8.78 Å². The van der Waals surface area contributed by atoms with Gasteiger partial charge in [-0.1, -0.05) is 0 Å². The van der Waals surface area contributed by atoms with E-state index in [1.807, 2.05) is 0 Å². The summed E-state index contributed by atoms with van der Waals surface area (Å²) in [7, 11) is 0. The first-order valence-electron chi connectivity index (χ1n) is 4.86. The first kappa shape index (κ1) is 9.83. The highest BCUT2D eigenvalue weighted by Gasteiger charge is 2.59. The Morgan fingerprint density at radius 1 is 1.57 bits per heavy atom. The summed E-state index contributed by atoms with van der Waals surface area (Å²) in [6.45, 7) is 3.14. The number of carbonyl (C=O) groups is 1. The number of amides is 1. The zero-order valence-electron chi connectivity index (χ0n) is 8.26. The van der Waals surface area contributed by atoms with Gasteiger partial charge in [0.1, 0.15) is 0 Å². The van der Waals surface area contributed by atoms with Crippen molar-refractivity contribution < 1.29 is 13.6 Å². The summed E-state index contributed by atoms with van der Waals surface area (Å²) in [6.07, 6.45) is -1.18. The molecule has 0 radical (unpaired) electrons. The Balaban J connectivity index is 2.15. The van der Waals surface area contributed by atoms with Gasteiger partial charge in [0.15, 0.2) is 0 Å². The first-order valence-corrected chi connectivity index (χ1v) is 4.86. The fraction of sp³-hybridized carbons (Fsp3) is 0.889. The maximum Gasteiger partial charge on any atom is 0.258 e. The molecule has 0 aromatic heterocycles. The molecule has 2 aliphatic rings. The SMILES string of the molecule is CC1NC2(CC2)C(=O)N1C(C)C(F)F. The second-order valence-corrected chi connectivity index (χ2v) is 4.19. The number of nitrogens with one attached hydrogen (secondary N) is 1. The molecule has 3 nitrogen and oxygen atoms in total. The lowest BCUT2D eigenvalue weighted by molar-refractivity contribution is -0.135. The van der Waals surface area contributed by atoms with Crippen molar-refractivity contribution >= 4 is 5.91 Å². The second kappa shape index (κ2) is 2.89. The van der Waals surface area contributed by atoms with E-state index >= 15 is 0 Å². The summed E-state index contributed by atoms with van der Waals surface area (Å²) < 4.78 is 25.0. The number of nitrogens with zero attached hydrogens (tertiary/aromatic N) is 1. The van der Waals surface area contributed by atoms with Gasteiger partial charge >= 0.3 is 0 Å². The Morgan fingerprint density at radius 2 is 2.14 bits per heavy atom. The summed E-state index contributed by atoms with van der Waals surface area (Å²) in [4.78, 5) is 13.1. The smallest absolute Gasteiger partial charge is 0.258 e. The molecule has 1 spiro atoms. The number of rotatable bonds is 2. The molecule has 1 saturated heterocycles. The highest BCUT2D eigenvalue weighted by atomic mass is 19.3. The third-order valence-corrected chi connectivity index (χ3v) is 3.10. The lowest BCUT2D eigenvalue weighted by Crippen LogP contribution is -2.45. The van der Waals surface area contributed by atoms with Crippen molar-refractivity contribution in [2.24, 2.45) is 0 Å². The summed E-state index contributed by atoms with van der Waals surface area (Å²) >= 11 is 0. The van der Waals surface area contributed by atoms with Crippen molar-refractivity contribution in [3.05, 3.63) is 0 Å². The predicted octanol–water partition coefficient (Wildman–Crippen LogP) is 0.950. The van der Waals surface area contributed by atoms with Gasteiger partial charge in [-0.2, -0.15) is 0 Å². The highest BCUT2D eigenvalue weighted by Crippen LogP contribution is 2.42. The van der Waals surface area contributed by atoms with Crippen LogP contribution in [-0.2, 0) is 4.79 Å². The van der Waals surface area contributed by atoms with Gasteiger partial charge < -0.3 is 4.90 Å². The molecule has 0 aromatic rings. The molecule has 0 aromatic carbocycles. The molecule has 1 amide bonds. The molecule has 1 aliphatic carbocycles. The maximum absolute atomic E-state index is 12.5. The Labute approximate surface area is 81.4 Å². The maximum atomic E-state index is 12.5. The van der Waals surface area contributed by atoms with E-state index in [4.69, 9.17) is 0 Å². The number of hydrogen-bond acceptors (Lipinski definition) is 2. The van der Waals surface area contributed by atoms with E-state index in [0.717, 1.165) is 12.8 Å². The van der Waals surface area contributed by atoms with E-state index in [0.29, 0.717) is 0 Å². The van der Waals surface area contributed by atoms with E-state index in [1.165, 1.54) is 11.8 Å². The van der Waals surface area contributed by atoms with E-state index < -0.39 is 18.0 Å². The van der Waals surface area contributed by atoms with Gasteiger partial charge in [-0.15, -0.1) is 0 Å². The van der Waals surface area contributed by atoms with Gasteiger partial charge in [-0.05, 0) is 26.7 Å². The molecule has 2 rings (SSSR count). The first-order chi connectivity index (χ1) is 6.48. The quantitative estimate of drug-likeness (QED) is 0.726. The normalized spacial score (nSPS) is 31.6. The Bertz CT molecular complexity index is 266. The number of hydrogen-bond donors (Lipinski definition) is 1. The van der Waals surface area contributed by atoms with Crippen LogP contribution in [0.3, 0.4) is 0 Å². The molecular formula is C9H14F2N2O. The summed E-state index contributed by atoms with van der Waals surface area (Å²) in [5.74, 6) is -0.155. The fourth-order valence-corrected chi connectivity index (χ4v) is 2.10. The average molecular weight is 204 g/mol. The van der Waals surface area contributed by atoms with E-state index in [1.54, 1.807) is 6.92 Å². The number of alkyl halides is 2. The van der Waals surface area contributed by atoms with Crippen LogP contribution in [0.4, 0.5) is 8.78 Å². The fourth-order valence-electron chi connectivity index (χ4n) is 2.10. The van der Waals surface area contributed by atoms with Crippen LogP contribution in [0.15, 0.2) is 0 Å². The predicted molar refractivity (Wildman–Crippen MR) is 46.9 cm³/mol. The van der Waals surface area contributed by atoms with Crippen molar-refractivity contribution in [2.75, 3.05) is 0 Å². The van der Waals surface area contributed by atoms with Gasteiger partial charge in [0.2, 0.25) is 5.91 Å². The van der Waals surface area contributed by atoms with E-state index in [9.17, 15) is 13.6 Å². The largest absolute Gasteiger partial charge is 0.317 e. The zero-order valence-corrected chi connectivity index (χ0v) is 8.26. The zero-order chi connectivity index (χ0) is 10.5. The minimum Gasteiger partial charge on any atom is -0.317 e. The van der Waals surface area contributed by atoms with Crippen molar-refractivity contribution in [1.82, 2.24) is 10.2 Å². The summed E-state index contributed by atoms with van der Waals surface area (Å²) in [5.41, 5.74) is -0.484. The molecule has 1 heterocycles. The third-order valence-electron chi connectivity index (χ3n) is 3.10. The van der Waals surface area contributed by atoms with Crippen LogP contribution >= 0.6 is 0 Å². The highest BCUT2D eigenvalue weighted by molar-refractivity contribution is 5.92. The molecule has 0 bridgehead atoms. The van der Waals surface area contributed by atoms with Crippen LogP contribution in [0.5, 0.6) is 0 Å². The summed E-state index contributed by atoms with van der Waals surface area (Å²) in [6, 6.07) is -0.995. The van der Waals surface area contributed by atoms with Crippen LogP contribution in [0.2, 0.25) is 0 Å². The Morgan fingerprint density at radius 3 is 2.50 bits per heavy atom. The van der Waals surface area contributed by atoms with Crippen LogP contribution in [-0.4, -0.2) is 35.0 Å². The van der Waals surface area contributed by atoms with Crippen molar-refractivity contribution in [2.45, 2.75) is 50.9 Å². The Hall–Kier alpha value is -0.710. The van der Waals surface area contributed by atoms with Crippen LogP contribution in [0.25, 0.3) is 0 Å². The van der Waals surface area contributed by atoms with Crippen molar-refractivity contribution in [3.8, 4) is 0 Å². The summed E-state index contributed by atoms with van der Waals surface area (Å²) in [5, 5.41) is 3.08. The molecule has 80 valence electrons. The van der Waals surface area contributed by atoms with Crippen LogP contribution in [0, 0.1) is 0 Å². The van der Waals surface area contributed by atoms with Gasteiger partial charge in [0.05, 0.1) is 17.7 Å². The molecule has 2 fully saturated rings. The lowest BCUT2D eigenvalue weighted by Gasteiger charge is -2.27. The standard InChI is InChI=1S/C9H14F2N2O/c1-5(7(10)11)13-6(2)12-9(3-4-9)8(13)14/h5-7,12H,3-4H2,1-2H3. The van der Waals surface area contributed by atoms with Crippen LogP contribution in [0.1, 0.15) is 26.7 Å². The van der Waals surface area contributed by atoms with Crippen LogP contribution < -0.4 is 5.32 Å². The lowest BCUT2D eigenvalue weighted by atomic mass is 10.2. The molecule has 5 heteroatoms. The number of carbonyl (C=O) groups excluding carboxylic acids is 1. The van der Waals surface area contributed by atoms with Crippen molar-refractivity contribution in [3.63, 3.8) is 0 Å².